The Morgan fingerprint density at radius 2 is 2.00 bits per heavy atom. The normalized spacial score (nSPS) is 11.6. The Morgan fingerprint density at radius 3 is 2.58 bits per heavy atom. The summed E-state index contributed by atoms with van der Waals surface area (Å²) in [4.78, 5) is 22.2. The second-order valence-electron chi connectivity index (χ2n) is 3.80. The Balaban J connectivity index is 2.38. The van der Waals surface area contributed by atoms with Crippen molar-refractivity contribution in [2.45, 2.75) is 26.2 Å². The average molecular weight is 267 g/mol. The smallest absolute Gasteiger partial charge is 0.409 e. The van der Waals surface area contributed by atoms with Gasteiger partial charge in [-0.1, -0.05) is 37.3 Å². The Hall–Kier alpha value is -2.08. The highest BCUT2D eigenvalue weighted by atomic mass is 16.6. The summed E-state index contributed by atoms with van der Waals surface area (Å²) in [5.41, 5.74) is 0.819. The molecule has 0 heterocycles. The molecule has 1 aromatic carbocycles. The summed E-state index contributed by atoms with van der Waals surface area (Å²) >= 11 is 0. The van der Waals surface area contributed by atoms with Gasteiger partial charge in [-0.15, -0.1) is 0 Å². The summed E-state index contributed by atoms with van der Waals surface area (Å²) in [6, 6.07) is 9.09. The van der Waals surface area contributed by atoms with Crippen LogP contribution in [0.4, 0.5) is 4.79 Å². The van der Waals surface area contributed by atoms with Gasteiger partial charge in [-0.2, -0.15) is 0 Å². The molecule has 1 aromatic rings. The van der Waals surface area contributed by atoms with E-state index in [0.717, 1.165) is 5.56 Å². The second-order valence-corrected chi connectivity index (χ2v) is 3.80. The van der Waals surface area contributed by atoms with Crippen molar-refractivity contribution in [2.75, 3.05) is 6.61 Å². The van der Waals surface area contributed by atoms with Crippen LogP contribution >= 0.6 is 0 Å². The van der Waals surface area contributed by atoms with E-state index < -0.39 is 18.3 Å². The number of amides is 1. The van der Waals surface area contributed by atoms with Crippen LogP contribution in [0, 0.1) is 0 Å². The first-order valence-electron chi connectivity index (χ1n) is 5.95. The molecule has 1 rings (SSSR count). The van der Waals surface area contributed by atoms with Crippen LogP contribution in [-0.2, 0) is 20.9 Å². The van der Waals surface area contributed by atoms with Gasteiger partial charge in [0.05, 0.1) is 0 Å². The molecular weight excluding hydrogens is 250 g/mol. The van der Waals surface area contributed by atoms with Gasteiger partial charge in [0.25, 0.3) is 0 Å². The molecule has 0 aliphatic rings. The van der Waals surface area contributed by atoms with Crippen LogP contribution in [0.25, 0.3) is 0 Å². The number of hydrogen-bond acceptors (Lipinski definition) is 4. The number of carboxylic acid groups (broad SMARTS) is 1. The summed E-state index contributed by atoms with van der Waals surface area (Å²) in [6.45, 7) is 2.16. The molecule has 1 atom stereocenters. The lowest BCUT2D eigenvalue weighted by Gasteiger charge is -2.14. The fourth-order valence-corrected chi connectivity index (χ4v) is 1.28. The van der Waals surface area contributed by atoms with Crippen molar-refractivity contribution >= 4 is 12.1 Å². The van der Waals surface area contributed by atoms with E-state index in [1.165, 1.54) is 0 Å². The summed E-state index contributed by atoms with van der Waals surface area (Å²) in [7, 11) is 0. The summed E-state index contributed by atoms with van der Waals surface area (Å²) < 4.78 is 9.86. The number of aliphatic carboxylic acids is 1. The number of benzene rings is 1. The zero-order valence-electron chi connectivity index (χ0n) is 10.7. The number of carbonyl (C=O) groups excluding carboxylic acids is 1. The minimum absolute atomic E-state index is 0.0762. The van der Waals surface area contributed by atoms with Crippen molar-refractivity contribution in [3.63, 3.8) is 0 Å². The Bertz CT molecular complexity index is 407. The first-order chi connectivity index (χ1) is 9.13. The Kier molecular flexibility index (Phi) is 6.38. The maximum Gasteiger partial charge on any atom is 0.409 e. The zero-order chi connectivity index (χ0) is 14.1. The largest absolute Gasteiger partial charge is 0.478 e. The summed E-state index contributed by atoms with van der Waals surface area (Å²) in [5, 5.41) is 11.0. The third-order valence-corrected chi connectivity index (χ3v) is 2.17. The summed E-state index contributed by atoms with van der Waals surface area (Å²) in [6.07, 6.45) is -1.56. The zero-order valence-corrected chi connectivity index (χ0v) is 10.7. The van der Waals surface area contributed by atoms with Crippen molar-refractivity contribution in [3.8, 4) is 0 Å². The monoisotopic (exact) mass is 267 g/mol. The van der Waals surface area contributed by atoms with E-state index in [4.69, 9.17) is 14.6 Å². The molecule has 104 valence electrons. The molecule has 0 bridgehead atoms. The van der Waals surface area contributed by atoms with Gasteiger partial charge in [0.1, 0.15) is 6.61 Å². The predicted octanol–water partition coefficient (Wildman–Crippen LogP) is 1.75. The molecule has 0 aromatic heterocycles. The van der Waals surface area contributed by atoms with Crippen LogP contribution in [0.15, 0.2) is 30.3 Å². The van der Waals surface area contributed by atoms with E-state index in [1.807, 2.05) is 25.1 Å². The third-order valence-electron chi connectivity index (χ3n) is 2.17. The number of rotatable bonds is 7. The Morgan fingerprint density at radius 1 is 1.32 bits per heavy atom. The van der Waals surface area contributed by atoms with Crippen molar-refractivity contribution in [3.05, 3.63) is 35.9 Å². The SMILES string of the molecule is CCCOC(NC(=O)OCc1ccccc1)C(=O)O. The third kappa shape index (κ3) is 5.87. The van der Waals surface area contributed by atoms with E-state index >= 15 is 0 Å². The highest BCUT2D eigenvalue weighted by molar-refractivity contribution is 5.78. The van der Waals surface area contributed by atoms with Crippen LogP contribution in [-0.4, -0.2) is 30.0 Å². The van der Waals surface area contributed by atoms with E-state index in [1.54, 1.807) is 12.1 Å². The topological polar surface area (TPSA) is 84.9 Å². The number of alkyl carbamates (subject to hydrolysis) is 1. The predicted molar refractivity (Wildman–Crippen MR) is 67.4 cm³/mol. The molecule has 6 nitrogen and oxygen atoms in total. The minimum atomic E-state index is -1.39. The lowest BCUT2D eigenvalue weighted by molar-refractivity contribution is -0.152. The van der Waals surface area contributed by atoms with Crippen LogP contribution in [0.1, 0.15) is 18.9 Å². The van der Waals surface area contributed by atoms with E-state index in [-0.39, 0.29) is 13.2 Å². The molecule has 0 aliphatic heterocycles. The first-order valence-corrected chi connectivity index (χ1v) is 5.95. The van der Waals surface area contributed by atoms with Gasteiger partial charge in [-0.25, -0.2) is 9.59 Å². The molecule has 0 saturated heterocycles. The summed E-state index contributed by atoms with van der Waals surface area (Å²) in [5.74, 6) is -1.26. The maximum atomic E-state index is 11.4. The molecule has 0 aliphatic carbocycles. The van der Waals surface area contributed by atoms with Crippen LogP contribution < -0.4 is 5.32 Å². The van der Waals surface area contributed by atoms with Crippen molar-refractivity contribution in [2.24, 2.45) is 0 Å². The lowest BCUT2D eigenvalue weighted by atomic mass is 10.2. The van der Waals surface area contributed by atoms with Gasteiger partial charge in [0.15, 0.2) is 0 Å². The van der Waals surface area contributed by atoms with E-state index in [0.29, 0.717) is 6.42 Å². The molecule has 0 radical (unpaired) electrons. The van der Waals surface area contributed by atoms with Gasteiger partial charge in [0.2, 0.25) is 6.23 Å². The quantitative estimate of drug-likeness (QED) is 0.735. The van der Waals surface area contributed by atoms with Crippen molar-refractivity contribution in [1.82, 2.24) is 5.32 Å². The van der Waals surface area contributed by atoms with Gasteiger partial charge in [0, 0.05) is 6.61 Å². The lowest BCUT2D eigenvalue weighted by Crippen LogP contribution is -2.43. The fraction of sp³-hybridized carbons (Fsp3) is 0.385. The standard InChI is InChI=1S/C13H17NO5/c1-2-8-18-11(12(15)16)14-13(17)19-9-10-6-4-3-5-7-10/h3-7,11H,2,8-9H2,1H3,(H,14,17)(H,15,16). The molecular formula is C13H17NO5. The molecule has 0 spiro atoms. The molecule has 0 fully saturated rings. The highest BCUT2D eigenvalue weighted by Gasteiger charge is 2.20. The van der Waals surface area contributed by atoms with E-state index in [2.05, 4.69) is 5.32 Å². The van der Waals surface area contributed by atoms with Crippen LogP contribution in [0.5, 0.6) is 0 Å². The van der Waals surface area contributed by atoms with Gasteiger partial charge in [-0.3, -0.25) is 5.32 Å². The van der Waals surface area contributed by atoms with Gasteiger partial charge in [-0.05, 0) is 12.0 Å². The number of hydrogen-bond donors (Lipinski definition) is 2. The molecule has 0 saturated carbocycles. The van der Waals surface area contributed by atoms with Crippen molar-refractivity contribution < 1.29 is 24.2 Å². The average Bonchev–Trinajstić information content (AvgIpc) is 2.42. The number of nitrogens with one attached hydrogen (secondary N) is 1. The molecule has 2 N–H and O–H groups in total. The Labute approximate surface area is 111 Å². The van der Waals surface area contributed by atoms with Gasteiger partial charge >= 0.3 is 12.1 Å². The second kappa shape index (κ2) is 8.10. The van der Waals surface area contributed by atoms with E-state index in [9.17, 15) is 9.59 Å². The molecule has 19 heavy (non-hydrogen) atoms. The maximum absolute atomic E-state index is 11.4. The number of carboxylic acids is 1. The van der Waals surface area contributed by atoms with Crippen LogP contribution in [0.3, 0.4) is 0 Å². The number of carbonyl (C=O) groups is 2. The van der Waals surface area contributed by atoms with Crippen molar-refractivity contribution in [1.29, 1.82) is 0 Å². The first kappa shape index (κ1) is 15.0. The molecule has 6 heteroatoms. The molecule has 1 amide bonds. The highest BCUT2D eigenvalue weighted by Crippen LogP contribution is 2.01. The molecule has 1 unspecified atom stereocenters. The number of ether oxygens (including phenoxy) is 2. The van der Waals surface area contributed by atoms with Gasteiger partial charge < -0.3 is 14.6 Å². The minimum Gasteiger partial charge on any atom is -0.478 e. The van der Waals surface area contributed by atoms with Crippen LogP contribution in [0.2, 0.25) is 0 Å². The fourth-order valence-electron chi connectivity index (χ4n) is 1.28.